The van der Waals surface area contributed by atoms with Crippen LogP contribution < -0.4 is 5.32 Å². The minimum Gasteiger partial charge on any atom is -0.389 e. The van der Waals surface area contributed by atoms with Crippen molar-refractivity contribution >= 4 is 81.9 Å². The number of nitrogens with zero attached hydrogens (tertiary/aromatic N) is 1. The molecule has 3 aromatic carbocycles. The van der Waals surface area contributed by atoms with Crippen LogP contribution in [0.1, 0.15) is 0 Å². The van der Waals surface area contributed by atoms with Gasteiger partial charge < -0.3 is 15.0 Å². The Labute approximate surface area is 188 Å². The molecule has 0 saturated heterocycles. The van der Waals surface area contributed by atoms with E-state index in [9.17, 15) is 5.11 Å². The van der Waals surface area contributed by atoms with Crippen molar-refractivity contribution in [1.29, 1.82) is 0 Å². The highest BCUT2D eigenvalue weighted by Gasteiger charge is 2.14. The van der Waals surface area contributed by atoms with Gasteiger partial charge in [-0.1, -0.05) is 31.9 Å². The number of hydrogen-bond donors (Lipinski definition) is 2. The molecular formula is C21H17Br2IN2O. The number of hydrogen-bond acceptors (Lipinski definition) is 2. The number of aliphatic hydroxyl groups is 1. The normalized spacial score (nSPS) is 12.6. The highest BCUT2D eigenvalue weighted by molar-refractivity contribution is 14.1. The van der Waals surface area contributed by atoms with Crippen molar-refractivity contribution in [2.75, 3.05) is 11.9 Å². The number of halogens is 3. The molecule has 27 heavy (non-hydrogen) atoms. The van der Waals surface area contributed by atoms with E-state index in [4.69, 9.17) is 0 Å². The van der Waals surface area contributed by atoms with Crippen LogP contribution in [-0.2, 0) is 6.54 Å². The van der Waals surface area contributed by atoms with Gasteiger partial charge in [-0.05, 0) is 83.3 Å². The molecule has 0 aliphatic carbocycles. The van der Waals surface area contributed by atoms with Gasteiger partial charge in [-0.2, -0.15) is 0 Å². The van der Waals surface area contributed by atoms with Crippen molar-refractivity contribution in [3.63, 3.8) is 0 Å². The predicted molar refractivity (Wildman–Crippen MR) is 128 cm³/mol. The monoisotopic (exact) mass is 598 g/mol. The molecular weight excluding hydrogens is 583 g/mol. The van der Waals surface area contributed by atoms with Gasteiger partial charge >= 0.3 is 0 Å². The molecule has 0 fully saturated rings. The molecule has 3 nitrogen and oxygen atoms in total. The van der Waals surface area contributed by atoms with Gasteiger partial charge in [0, 0.05) is 46.6 Å². The molecule has 0 aliphatic heterocycles. The van der Waals surface area contributed by atoms with E-state index in [-0.39, 0.29) is 0 Å². The third kappa shape index (κ3) is 4.18. The molecule has 0 amide bonds. The van der Waals surface area contributed by atoms with Crippen molar-refractivity contribution in [2.24, 2.45) is 0 Å². The van der Waals surface area contributed by atoms with E-state index in [1.165, 1.54) is 14.3 Å². The summed E-state index contributed by atoms with van der Waals surface area (Å²) in [7, 11) is 0. The molecule has 1 aromatic heterocycles. The lowest BCUT2D eigenvalue weighted by atomic mass is 10.2. The van der Waals surface area contributed by atoms with Crippen LogP contribution in [0.15, 0.2) is 69.6 Å². The molecule has 6 heteroatoms. The van der Waals surface area contributed by atoms with E-state index >= 15 is 0 Å². The molecule has 1 heterocycles. The van der Waals surface area contributed by atoms with Crippen molar-refractivity contribution in [3.05, 3.63) is 73.2 Å². The van der Waals surface area contributed by atoms with Crippen LogP contribution >= 0.6 is 54.5 Å². The second kappa shape index (κ2) is 8.11. The molecule has 0 saturated carbocycles. The Kier molecular flexibility index (Phi) is 5.78. The maximum atomic E-state index is 10.7. The fourth-order valence-electron chi connectivity index (χ4n) is 3.32. The van der Waals surface area contributed by atoms with Crippen LogP contribution in [0, 0.1) is 3.57 Å². The summed E-state index contributed by atoms with van der Waals surface area (Å²) in [5.74, 6) is 0. The van der Waals surface area contributed by atoms with E-state index in [0.29, 0.717) is 13.1 Å². The Morgan fingerprint density at radius 2 is 1.44 bits per heavy atom. The van der Waals surface area contributed by atoms with Gasteiger partial charge in [-0.15, -0.1) is 0 Å². The maximum Gasteiger partial charge on any atom is 0.0891 e. The summed E-state index contributed by atoms with van der Waals surface area (Å²) in [6.45, 7) is 1.02. The van der Waals surface area contributed by atoms with Crippen molar-refractivity contribution in [1.82, 2.24) is 4.57 Å². The van der Waals surface area contributed by atoms with Crippen molar-refractivity contribution < 1.29 is 5.11 Å². The lowest BCUT2D eigenvalue weighted by Gasteiger charge is -2.15. The summed E-state index contributed by atoms with van der Waals surface area (Å²) in [4.78, 5) is 0. The molecule has 2 N–H and O–H groups in total. The van der Waals surface area contributed by atoms with Gasteiger partial charge in [0.25, 0.3) is 0 Å². The van der Waals surface area contributed by atoms with E-state index < -0.39 is 6.10 Å². The Morgan fingerprint density at radius 3 is 2.00 bits per heavy atom. The summed E-state index contributed by atoms with van der Waals surface area (Å²) >= 11 is 9.43. The van der Waals surface area contributed by atoms with Crippen LogP contribution in [0.5, 0.6) is 0 Å². The Bertz CT molecular complexity index is 1050. The molecule has 0 radical (unpaired) electrons. The minimum atomic E-state index is -0.504. The zero-order chi connectivity index (χ0) is 19.0. The summed E-state index contributed by atoms with van der Waals surface area (Å²) in [5.41, 5.74) is 3.27. The first-order valence-corrected chi connectivity index (χ1v) is 11.2. The number of fused-ring (bicyclic) bond motifs is 3. The standard InChI is InChI=1S/C21H17Br2IN2O/c22-13-1-7-20-18(9-13)19-10-14(23)2-8-21(19)26(20)12-17(27)11-25-16-5-3-15(24)4-6-16/h1-10,17,25,27H,11-12H2/t17-/m1/s1. The molecule has 0 aliphatic rings. The van der Waals surface area contributed by atoms with E-state index in [0.717, 1.165) is 25.7 Å². The van der Waals surface area contributed by atoms with Gasteiger partial charge in [0.2, 0.25) is 0 Å². The zero-order valence-electron chi connectivity index (χ0n) is 14.3. The lowest BCUT2D eigenvalue weighted by Crippen LogP contribution is -2.24. The first-order chi connectivity index (χ1) is 13.0. The predicted octanol–water partition coefficient (Wildman–Crippen LogP) is 6.40. The van der Waals surface area contributed by atoms with Crippen LogP contribution in [0.2, 0.25) is 0 Å². The lowest BCUT2D eigenvalue weighted by molar-refractivity contribution is 0.169. The molecule has 4 rings (SSSR count). The number of benzene rings is 3. The zero-order valence-corrected chi connectivity index (χ0v) is 19.6. The van der Waals surface area contributed by atoms with Crippen LogP contribution in [0.25, 0.3) is 21.8 Å². The second-order valence-corrected chi connectivity index (χ2v) is 9.55. The number of anilines is 1. The van der Waals surface area contributed by atoms with E-state index in [1.54, 1.807) is 0 Å². The number of nitrogens with one attached hydrogen (secondary N) is 1. The molecule has 1 atom stereocenters. The van der Waals surface area contributed by atoms with Gasteiger partial charge in [-0.3, -0.25) is 0 Å². The molecule has 0 spiro atoms. The summed E-state index contributed by atoms with van der Waals surface area (Å²) < 4.78 is 5.50. The molecule has 0 unspecified atom stereocenters. The second-order valence-electron chi connectivity index (χ2n) is 6.48. The number of aliphatic hydroxyl groups excluding tert-OH is 1. The van der Waals surface area contributed by atoms with Crippen LogP contribution in [0.4, 0.5) is 5.69 Å². The third-order valence-electron chi connectivity index (χ3n) is 4.57. The average Bonchev–Trinajstić information content (AvgIpc) is 2.94. The fraction of sp³-hybridized carbons (Fsp3) is 0.143. The molecule has 138 valence electrons. The minimum absolute atomic E-state index is 0.495. The quantitative estimate of drug-likeness (QED) is 0.261. The maximum absolute atomic E-state index is 10.7. The summed E-state index contributed by atoms with van der Waals surface area (Å²) in [5, 5.41) is 16.3. The van der Waals surface area contributed by atoms with Crippen molar-refractivity contribution in [2.45, 2.75) is 12.6 Å². The SMILES string of the molecule is O[C@H](CNc1ccc(I)cc1)Cn1c2ccc(Br)cc2c2cc(Br)ccc21. The smallest absolute Gasteiger partial charge is 0.0891 e. The molecule has 4 aromatic rings. The van der Waals surface area contributed by atoms with Gasteiger partial charge in [0.15, 0.2) is 0 Å². The van der Waals surface area contributed by atoms with E-state index in [2.05, 4.69) is 101 Å². The van der Waals surface area contributed by atoms with Gasteiger partial charge in [0.1, 0.15) is 0 Å². The molecule has 0 bridgehead atoms. The van der Waals surface area contributed by atoms with E-state index in [1.807, 2.05) is 24.3 Å². The first kappa shape index (κ1) is 19.2. The highest BCUT2D eigenvalue weighted by atomic mass is 127. The fourth-order valence-corrected chi connectivity index (χ4v) is 4.41. The van der Waals surface area contributed by atoms with Crippen molar-refractivity contribution in [3.8, 4) is 0 Å². The first-order valence-electron chi connectivity index (χ1n) is 8.56. The largest absolute Gasteiger partial charge is 0.389 e. The van der Waals surface area contributed by atoms with Crippen LogP contribution in [-0.4, -0.2) is 22.3 Å². The average molecular weight is 600 g/mol. The number of rotatable bonds is 5. The summed E-state index contributed by atoms with van der Waals surface area (Å²) in [6, 6.07) is 20.7. The van der Waals surface area contributed by atoms with Gasteiger partial charge in [0.05, 0.1) is 12.6 Å². The Hall–Kier alpha value is -1.09. The topological polar surface area (TPSA) is 37.2 Å². The van der Waals surface area contributed by atoms with Crippen LogP contribution in [0.3, 0.4) is 0 Å². The Morgan fingerprint density at radius 1 is 0.889 bits per heavy atom. The third-order valence-corrected chi connectivity index (χ3v) is 6.27. The highest BCUT2D eigenvalue weighted by Crippen LogP contribution is 2.33. The Balaban J connectivity index is 1.63. The summed E-state index contributed by atoms with van der Waals surface area (Å²) in [6.07, 6.45) is -0.504. The van der Waals surface area contributed by atoms with Gasteiger partial charge in [-0.25, -0.2) is 0 Å². The number of aromatic nitrogens is 1.